The van der Waals surface area contributed by atoms with Gasteiger partial charge in [-0.15, -0.1) is 11.3 Å². The highest BCUT2D eigenvalue weighted by molar-refractivity contribution is 7.33. The number of hydrogen-bond donors (Lipinski definition) is 0. The van der Waals surface area contributed by atoms with Crippen molar-refractivity contribution in [1.82, 2.24) is 0 Å². The second-order valence-electron chi connectivity index (χ2n) is 16.6. The van der Waals surface area contributed by atoms with Crippen LogP contribution in [0.4, 0.5) is 34.1 Å². The quantitative estimate of drug-likeness (QED) is 0.166. The summed E-state index contributed by atoms with van der Waals surface area (Å²) < 4.78 is 2.74. The van der Waals surface area contributed by atoms with E-state index in [1.165, 1.54) is 110 Å². The summed E-state index contributed by atoms with van der Waals surface area (Å²) in [6, 6.07) is 68.8. The van der Waals surface area contributed by atoms with E-state index in [4.69, 9.17) is 0 Å². The van der Waals surface area contributed by atoms with E-state index in [1.807, 2.05) is 11.3 Å². The molecule has 58 heavy (non-hydrogen) atoms. The molecule has 0 amide bonds. The van der Waals surface area contributed by atoms with Crippen molar-refractivity contribution >= 4 is 78.0 Å². The maximum absolute atomic E-state index is 2.60. The molecule has 0 atom stereocenters. The molecule has 0 N–H and O–H groups in total. The highest BCUT2D eigenvalue weighted by atomic mass is 32.1. The monoisotopic (exact) mass is 756 g/mol. The molecule has 0 saturated carbocycles. The SMILES string of the molecule is CC(C)c1ccc2c(c1)N(c1ccccc1)c1cccc3c1B2c1sc2cc4c(cc2c1N3c1ccccc1)C1(c2ccccc2-c2ccccc21)c1ccccc1-4. The highest BCUT2D eigenvalue weighted by Crippen LogP contribution is 2.64. The summed E-state index contributed by atoms with van der Waals surface area (Å²) in [6.07, 6.45) is 0. The molecule has 1 aromatic heterocycles. The Bertz CT molecular complexity index is 3140. The van der Waals surface area contributed by atoms with Crippen LogP contribution >= 0.6 is 11.3 Å². The molecule has 9 aromatic rings. The molecule has 4 aliphatic rings. The van der Waals surface area contributed by atoms with Crippen molar-refractivity contribution in [2.24, 2.45) is 0 Å². The first-order valence-corrected chi connectivity index (χ1v) is 21.3. The lowest BCUT2D eigenvalue weighted by molar-refractivity contribution is 0.795. The lowest BCUT2D eigenvalue weighted by Gasteiger charge is -2.43. The molecule has 0 radical (unpaired) electrons. The zero-order valence-electron chi connectivity index (χ0n) is 32.3. The fourth-order valence-electron chi connectivity index (χ4n) is 11.1. The zero-order chi connectivity index (χ0) is 38.3. The molecular formula is C54H37BN2S. The van der Waals surface area contributed by atoms with Gasteiger partial charge in [0.15, 0.2) is 0 Å². The normalized spacial score (nSPS) is 14.6. The molecule has 272 valence electrons. The summed E-state index contributed by atoms with van der Waals surface area (Å²) in [5, 5.41) is 1.32. The lowest BCUT2D eigenvalue weighted by Crippen LogP contribution is -2.60. The molecule has 8 aromatic carbocycles. The predicted octanol–water partition coefficient (Wildman–Crippen LogP) is 12.5. The van der Waals surface area contributed by atoms with Gasteiger partial charge in [0.05, 0.1) is 11.1 Å². The Labute approximate surface area is 343 Å². The Morgan fingerprint density at radius 3 is 1.66 bits per heavy atom. The van der Waals surface area contributed by atoms with E-state index in [1.54, 1.807) is 0 Å². The van der Waals surface area contributed by atoms with E-state index < -0.39 is 5.41 Å². The molecule has 0 fully saturated rings. The van der Waals surface area contributed by atoms with Gasteiger partial charge in [-0.25, -0.2) is 0 Å². The minimum absolute atomic E-state index is 0.0822. The van der Waals surface area contributed by atoms with Gasteiger partial charge in [-0.05, 0) is 122 Å². The Hall–Kier alpha value is -6.62. The number of hydrogen-bond acceptors (Lipinski definition) is 3. The molecule has 2 nitrogen and oxygen atoms in total. The van der Waals surface area contributed by atoms with Gasteiger partial charge >= 0.3 is 0 Å². The fourth-order valence-corrected chi connectivity index (χ4v) is 12.4. The van der Waals surface area contributed by atoms with Gasteiger partial charge in [0.25, 0.3) is 6.71 Å². The second-order valence-corrected chi connectivity index (χ2v) is 17.6. The number of para-hydroxylation sites is 2. The van der Waals surface area contributed by atoms with Crippen molar-refractivity contribution in [1.29, 1.82) is 0 Å². The topological polar surface area (TPSA) is 6.48 Å². The van der Waals surface area contributed by atoms with Crippen LogP contribution in [0.15, 0.2) is 182 Å². The van der Waals surface area contributed by atoms with Crippen molar-refractivity contribution in [3.8, 4) is 22.3 Å². The van der Waals surface area contributed by atoms with Crippen molar-refractivity contribution in [2.45, 2.75) is 25.2 Å². The van der Waals surface area contributed by atoms with Gasteiger partial charge in [0.2, 0.25) is 0 Å². The Kier molecular flexibility index (Phi) is 6.56. The molecule has 0 unspecified atom stereocenters. The van der Waals surface area contributed by atoms with Gasteiger partial charge in [-0.3, -0.25) is 0 Å². The van der Waals surface area contributed by atoms with Gasteiger partial charge in [0, 0.05) is 43.3 Å². The van der Waals surface area contributed by atoms with E-state index in [0.717, 1.165) is 0 Å². The first-order chi connectivity index (χ1) is 28.6. The first-order valence-electron chi connectivity index (χ1n) is 20.5. The molecule has 0 saturated heterocycles. The van der Waals surface area contributed by atoms with Crippen LogP contribution in [0.5, 0.6) is 0 Å². The highest BCUT2D eigenvalue weighted by Gasteiger charge is 2.52. The Morgan fingerprint density at radius 2 is 1.03 bits per heavy atom. The van der Waals surface area contributed by atoms with Gasteiger partial charge in [-0.1, -0.05) is 141 Å². The van der Waals surface area contributed by atoms with Crippen molar-refractivity contribution < 1.29 is 0 Å². The summed E-state index contributed by atoms with van der Waals surface area (Å²) in [5.41, 5.74) is 22.0. The van der Waals surface area contributed by atoms with Crippen LogP contribution in [0.2, 0.25) is 0 Å². The van der Waals surface area contributed by atoms with E-state index in [-0.39, 0.29) is 6.71 Å². The first kappa shape index (κ1) is 32.5. The summed E-state index contributed by atoms with van der Waals surface area (Å²) in [5.74, 6) is 0.416. The smallest absolute Gasteiger partial charge is 0.264 e. The third-order valence-electron chi connectivity index (χ3n) is 13.4. The van der Waals surface area contributed by atoms with Crippen molar-refractivity contribution in [3.05, 3.63) is 210 Å². The number of fused-ring (bicyclic) bond motifs is 16. The average Bonchev–Trinajstić information content (AvgIpc) is 3.89. The van der Waals surface area contributed by atoms with Crippen LogP contribution in [0, 0.1) is 0 Å². The van der Waals surface area contributed by atoms with E-state index in [9.17, 15) is 0 Å². The van der Waals surface area contributed by atoms with E-state index in [2.05, 4.69) is 206 Å². The zero-order valence-corrected chi connectivity index (χ0v) is 33.1. The standard InChI is InChI=1S/C54H37BN2S/c1-33(2)34-28-29-46-49(30-34)56(35-16-5-3-6-17-35)47-26-15-27-48-51(47)55(46)53-52(57(48)36-18-7-4-8-19-36)41-31-45-40(32-50(41)58-53)39-22-11-14-25-44(39)54(45)42-23-12-9-20-37(42)38-21-10-13-24-43(38)54/h3-33H,1-2H3. The summed E-state index contributed by atoms with van der Waals surface area (Å²) in [7, 11) is 0. The molecule has 2 aliphatic carbocycles. The minimum atomic E-state index is -0.402. The average molecular weight is 757 g/mol. The van der Waals surface area contributed by atoms with Crippen molar-refractivity contribution in [3.63, 3.8) is 0 Å². The number of anilines is 6. The van der Waals surface area contributed by atoms with Gasteiger partial charge in [0.1, 0.15) is 0 Å². The number of thiophene rings is 1. The summed E-state index contributed by atoms with van der Waals surface area (Å²) in [6.45, 7) is 4.69. The van der Waals surface area contributed by atoms with E-state index in [0.29, 0.717) is 5.92 Å². The van der Waals surface area contributed by atoms with Crippen LogP contribution in [-0.2, 0) is 5.41 Å². The van der Waals surface area contributed by atoms with Crippen LogP contribution in [0.3, 0.4) is 0 Å². The number of nitrogens with zero attached hydrogens (tertiary/aromatic N) is 2. The van der Waals surface area contributed by atoms with Gasteiger partial charge < -0.3 is 9.80 Å². The maximum Gasteiger partial charge on any atom is 0.264 e. The third-order valence-corrected chi connectivity index (χ3v) is 14.6. The number of benzene rings is 8. The molecular weight excluding hydrogens is 719 g/mol. The van der Waals surface area contributed by atoms with Crippen LogP contribution < -0.4 is 25.5 Å². The Balaban J connectivity index is 1.15. The summed E-state index contributed by atoms with van der Waals surface area (Å²) >= 11 is 1.99. The lowest BCUT2D eigenvalue weighted by atomic mass is 9.36. The molecule has 3 heterocycles. The second kappa shape index (κ2) is 11.7. The van der Waals surface area contributed by atoms with E-state index >= 15 is 0 Å². The van der Waals surface area contributed by atoms with Crippen molar-refractivity contribution in [2.75, 3.05) is 9.80 Å². The third kappa shape index (κ3) is 4.03. The molecule has 0 bridgehead atoms. The molecule has 13 rings (SSSR count). The van der Waals surface area contributed by atoms with Gasteiger partial charge in [-0.2, -0.15) is 0 Å². The van der Waals surface area contributed by atoms with Crippen LogP contribution in [-0.4, -0.2) is 6.71 Å². The molecule has 1 spiro atoms. The number of rotatable bonds is 3. The predicted molar refractivity (Wildman–Crippen MR) is 246 cm³/mol. The fraction of sp³-hybridized carbons (Fsp3) is 0.0741. The summed E-state index contributed by atoms with van der Waals surface area (Å²) in [4.78, 5) is 5.10. The molecule has 2 aliphatic heterocycles. The van der Waals surface area contributed by atoms with Crippen LogP contribution in [0.1, 0.15) is 47.6 Å². The molecule has 4 heteroatoms. The van der Waals surface area contributed by atoms with Crippen LogP contribution in [0.25, 0.3) is 32.3 Å². The largest absolute Gasteiger partial charge is 0.311 e. The minimum Gasteiger partial charge on any atom is -0.311 e. The maximum atomic E-state index is 2.60. The Morgan fingerprint density at radius 1 is 0.483 bits per heavy atom.